The minimum atomic E-state index is 0.268. The van der Waals surface area contributed by atoms with E-state index in [1.165, 1.54) is 12.8 Å². The van der Waals surface area contributed by atoms with Crippen LogP contribution in [0.25, 0.3) is 0 Å². The fourth-order valence-electron chi connectivity index (χ4n) is 2.56. The number of piperazine rings is 1. The lowest BCUT2D eigenvalue weighted by Crippen LogP contribution is -2.63. The van der Waals surface area contributed by atoms with Crippen LogP contribution in [0.5, 0.6) is 0 Å². The van der Waals surface area contributed by atoms with E-state index in [-0.39, 0.29) is 5.54 Å². The Hall–Kier alpha value is -0.0500. The van der Waals surface area contributed by atoms with Crippen molar-refractivity contribution in [3.8, 4) is 0 Å². The van der Waals surface area contributed by atoms with Gasteiger partial charge in [0.2, 0.25) is 0 Å². The number of nitrogens with one attached hydrogen (secondary N) is 1. The van der Waals surface area contributed by atoms with Gasteiger partial charge in [0.15, 0.2) is 0 Å². The fraction of sp³-hybridized carbons (Fsp3) is 0.857. The highest BCUT2D eigenvalue weighted by Crippen LogP contribution is 2.24. The average Bonchev–Trinajstić information content (AvgIpc) is 2.29. The molecule has 1 heterocycles. The highest BCUT2D eigenvalue weighted by molar-refractivity contribution is 6.25. The van der Waals surface area contributed by atoms with Gasteiger partial charge in [-0.2, -0.15) is 0 Å². The summed E-state index contributed by atoms with van der Waals surface area (Å²) in [6.07, 6.45) is 4.47. The molecule has 0 spiro atoms. The summed E-state index contributed by atoms with van der Waals surface area (Å²) in [7, 11) is 0. The third-order valence-corrected chi connectivity index (χ3v) is 4.09. The number of rotatable bonds is 5. The summed E-state index contributed by atoms with van der Waals surface area (Å²) in [6.45, 7) is 12.4. The second-order valence-electron chi connectivity index (χ2n) is 5.82. The minimum Gasteiger partial charge on any atom is -0.311 e. The van der Waals surface area contributed by atoms with Crippen LogP contribution >= 0.6 is 11.6 Å². The van der Waals surface area contributed by atoms with Crippen molar-refractivity contribution in [2.75, 3.05) is 19.6 Å². The van der Waals surface area contributed by atoms with Gasteiger partial charge >= 0.3 is 0 Å². The maximum absolute atomic E-state index is 5.65. The zero-order valence-corrected chi connectivity index (χ0v) is 12.4. The smallest absolute Gasteiger partial charge is 0.0307 e. The van der Waals surface area contributed by atoms with Gasteiger partial charge in [0.25, 0.3) is 0 Å². The van der Waals surface area contributed by atoms with Crippen LogP contribution in [0.15, 0.2) is 11.6 Å². The van der Waals surface area contributed by atoms with Gasteiger partial charge in [0.1, 0.15) is 0 Å². The summed E-state index contributed by atoms with van der Waals surface area (Å²) in [4.78, 5) is 2.56. The van der Waals surface area contributed by atoms with Crippen LogP contribution < -0.4 is 5.32 Å². The molecule has 0 aromatic rings. The first-order valence-electron chi connectivity index (χ1n) is 6.75. The lowest BCUT2D eigenvalue weighted by atomic mass is 9.90. The van der Waals surface area contributed by atoms with Crippen LogP contribution in [0.2, 0.25) is 0 Å². The summed E-state index contributed by atoms with van der Waals surface area (Å²) in [5, 5.41) is 3.70. The van der Waals surface area contributed by atoms with E-state index in [1.54, 1.807) is 5.54 Å². The molecule has 2 nitrogen and oxygen atoms in total. The van der Waals surface area contributed by atoms with Crippen molar-refractivity contribution in [1.29, 1.82) is 0 Å². The normalized spacial score (nSPS) is 31.5. The van der Waals surface area contributed by atoms with E-state index in [1.807, 2.05) is 6.08 Å². The first-order valence-corrected chi connectivity index (χ1v) is 7.19. The second-order valence-corrected chi connectivity index (χ2v) is 6.08. The van der Waals surface area contributed by atoms with E-state index in [4.69, 9.17) is 11.6 Å². The van der Waals surface area contributed by atoms with Crippen LogP contribution in [-0.2, 0) is 0 Å². The van der Waals surface area contributed by atoms with Crippen molar-refractivity contribution in [3.63, 3.8) is 0 Å². The predicted molar refractivity (Wildman–Crippen MR) is 76.5 cm³/mol. The van der Waals surface area contributed by atoms with E-state index < -0.39 is 0 Å². The molecular weight excluding hydrogens is 232 g/mol. The molecule has 2 unspecified atom stereocenters. The first-order chi connectivity index (χ1) is 8.01. The molecule has 0 aromatic carbocycles. The van der Waals surface area contributed by atoms with Crippen LogP contribution in [0, 0.1) is 5.92 Å². The molecule has 1 N–H and O–H groups in total. The fourth-order valence-corrected chi connectivity index (χ4v) is 2.64. The third-order valence-electron chi connectivity index (χ3n) is 3.91. The highest BCUT2D eigenvalue weighted by atomic mass is 35.5. The molecule has 2 atom stereocenters. The van der Waals surface area contributed by atoms with Crippen LogP contribution in [0.4, 0.5) is 0 Å². The molecule has 1 aliphatic heterocycles. The van der Waals surface area contributed by atoms with E-state index in [0.717, 1.165) is 25.6 Å². The van der Waals surface area contributed by atoms with Crippen molar-refractivity contribution >= 4 is 11.6 Å². The molecule has 0 aromatic heterocycles. The molecule has 0 bridgehead atoms. The topological polar surface area (TPSA) is 15.3 Å². The van der Waals surface area contributed by atoms with Crippen molar-refractivity contribution in [2.24, 2.45) is 5.92 Å². The maximum Gasteiger partial charge on any atom is 0.0307 e. The molecular formula is C14H27ClN2. The lowest BCUT2D eigenvalue weighted by molar-refractivity contribution is 0.0555. The Morgan fingerprint density at radius 3 is 2.76 bits per heavy atom. The second kappa shape index (κ2) is 6.77. The summed E-state index contributed by atoms with van der Waals surface area (Å²) in [6, 6.07) is 0.623. The average molecular weight is 259 g/mol. The molecule has 0 saturated carbocycles. The highest BCUT2D eigenvalue weighted by Gasteiger charge is 2.35. The van der Waals surface area contributed by atoms with Gasteiger partial charge in [-0.05, 0) is 25.7 Å². The predicted octanol–water partition coefficient (Wildman–Crippen LogP) is 3.23. The molecule has 1 rings (SSSR count). The molecule has 1 aliphatic rings. The van der Waals surface area contributed by atoms with Gasteiger partial charge in [0.05, 0.1) is 0 Å². The Balaban J connectivity index is 2.63. The Kier molecular flexibility index (Phi) is 5.98. The molecule has 1 saturated heterocycles. The summed E-state index contributed by atoms with van der Waals surface area (Å²) < 4.78 is 0. The quantitative estimate of drug-likeness (QED) is 0.815. The minimum absolute atomic E-state index is 0.268. The number of hydrogen-bond acceptors (Lipinski definition) is 2. The molecule has 17 heavy (non-hydrogen) atoms. The molecule has 100 valence electrons. The van der Waals surface area contributed by atoms with Gasteiger partial charge in [-0.1, -0.05) is 38.4 Å². The Morgan fingerprint density at radius 1 is 1.53 bits per heavy atom. The third kappa shape index (κ3) is 4.27. The van der Waals surface area contributed by atoms with Crippen LogP contribution in [-0.4, -0.2) is 36.1 Å². The zero-order valence-electron chi connectivity index (χ0n) is 11.7. The summed E-state index contributed by atoms with van der Waals surface area (Å²) in [5.41, 5.74) is 1.90. The van der Waals surface area contributed by atoms with E-state index in [0.29, 0.717) is 6.04 Å². The van der Waals surface area contributed by atoms with Crippen LogP contribution in [0.1, 0.15) is 40.5 Å². The van der Waals surface area contributed by atoms with Gasteiger partial charge in [-0.3, -0.25) is 4.90 Å². The van der Waals surface area contributed by atoms with Gasteiger partial charge < -0.3 is 5.32 Å². The van der Waals surface area contributed by atoms with Crippen molar-refractivity contribution in [3.05, 3.63) is 11.6 Å². The first kappa shape index (κ1) is 15.0. The van der Waals surface area contributed by atoms with E-state index >= 15 is 0 Å². The van der Waals surface area contributed by atoms with Crippen LogP contribution in [0.3, 0.4) is 0 Å². The number of halogens is 1. The summed E-state index contributed by atoms with van der Waals surface area (Å²) >= 11 is 5.65. The monoisotopic (exact) mass is 258 g/mol. The molecule has 0 amide bonds. The Morgan fingerprint density at radius 2 is 2.24 bits per heavy atom. The maximum atomic E-state index is 5.65. The van der Waals surface area contributed by atoms with Gasteiger partial charge in [-0.25, -0.2) is 0 Å². The number of hydrogen-bond donors (Lipinski definition) is 1. The van der Waals surface area contributed by atoms with Crippen molar-refractivity contribution < 1.29 is 0 Å². The molecule has 3 heteroatoms. The Labute approximate surface area is 111 Å². The molecule has 1 fully saturated rings. The van der Waals surface area contributed by atoms with E-state index in [9.17, 15) is 0 Å². The van der Waals surface area contributed by atoms with Gasteiger partial charge in [-0.15, -0.1) is 0 Å². The molecule has 0 aliphatic carbocycles. The zero-order chi connectivity index (χ0) is 12.9. The van der Waals surface area contributed by atoms with E-state index in [2.05, 4.69) is 37.9 Å². The number of nitrogens with zero attached hydrogens (tertiary/aromatic N) is 1. The largest absolute Gasteiger partial charge is 0.311 e. The van der Waals surface area contributed by atoms with Crippen molar-refractivity contribution in [2.45, 2.75) is 52.1 Å². The Bertz CT molecular complexity index is 253. The summed E-state index contributed by atoms with van der Waals surface area (Å²) in [5.74, 6) is 0.754. The van der Waals surface area contributed by atoms with Crippen molar-refractivity contribution in [1.82, 2.24) is 10.2 Å². The lowest BCUT2D eigenvalue weighted by Gasteiger charge is -2.48. The van der Waals surface area contributed by atoms with Gasteiger partial charge in [0, 0.05) is 36.8 Å². The molecule has 0 radical (unpaired) electrons. The SMILES string of the molecule is CCC1(C)CNC(CC(C)C)CN1C/C=C/Cl. The standard InChI is InChI=1S/C14H27ClN2/c1-5-14(4)11-16-13(9-12(2)3)10-17(14)8-6-7-15/h6-7,12-13,16H,5,8-11H2,1-4H3/b7-6+.